The summed E-state index contributed by atoms with van der Waals surface area (Å²) in [6.07, 6.45) is 0. The molecule has 1 aromatic rings. The fourth-order valence-electron chi connectivity index (χ4n) is 2.23. The van der Waals surface area contributed by atoms with Crippen LogP contribution in [0.25, 0.3) is 0 Å². The minimum atomic E-state index is 0.301. The molecule has 3 heteroatoms. The summed E-state index contributed by atoms with van der Waals surface area (Å²) >= 11 is 1.95. The van der Waals surface area contributed by atoms with E-state index in [0.717, 1.165) is 13.1 Å². The van der Waals surface area contributed by atoms with Gasteiger partial charge >= 0.3 is 0 Å². The van der Waals surface area contributed by atoms with Gasteiger partial charge in [-0.25, -0.2) is 0 Å². The molecule has 1 fully saturated rings. The third kappa shape index (κ3) is 3.73. The van der Waals surface area contributed by atoms with Gasteiger partial charge in [0.15, 0.2) is 0 Å². The number of thioether (sulfide) groups is 1. The van der Waals surface area contributed by atoms with Crippen molar-refractivity contribution < 1.29 is 0 Å². The first-order valence-corrected chi connectivity index (χ1v) is 7.31. The summed E-state index contributed by atoms with van der Waals surface area (Å²) in [6, 6.07) is 10.7. The largest absolute Gasteiger partial charge is 0.314 e. The monoisotopic (exact) mass is 250 g/mol. The Morgan fingerprint density at radius 1 is 1.29 bits per heavy atom. The molecule has 0 aliphatic carbocycles. The summed E-state index contributed by atoms with van der Waals surface area (Å²) in [5, 5.41) is 3.46. The molecule has 2 nitrogen and oxygen atoms in total. The number of benzene rings is 1. The van der Waals surface area contributed by atoms with Crippen molar-refractivity contribution in [1.82, 2.24) is 10.2 Å². The van der Waals surface area contributed by atoms with E-state index in [-0.39, 0.29) is 0 Å². The van der Waals surface area contributed by atoms with Crippen LogP contribution in [0.3, 0.4) is 0 Å². The Labute approximate surface area is 109 Å². The molecule has 1 aliphatic rings. The zero-order chi connectivity index (χ0) is 12.1. The van der Waals surface area contributed by atoms with Crippen molar-refractivity contribution in [3.05, 3.63) is 30.3 Å². The molecule has 17 heavy (non-hydrogen) atoms. The van der Waals surface area contributed by atoms with Gasteiger partial charge in [-0.2, -0.15) is 0 Å². The van der Waals surface area contributed by atoms with Gasteiger partial charge in [0.05, 0.1) is 0 Å². The summed E-state index contributed by atoms with van der Waals surface area (Å²) in [4.78, 5) is 3.97. The molecule has 0 radical (unpaired) electrons. The number of hydrogen-bond acceptors (Lipinski definition) is 3. The average molecular weight is 250 g/mol. The maximum Gasteiger partial charge on any atom is 0.0278 e. The van der Waals surface area contributed by atoms with E-state index in [2.05, 4.69) is 54.4 Å². The van der Waals surface area contributed by atoms with Crippen LogP contribution in [0, 0.1) is 0 Å². The van der Waals surface area contributed by atoms with Gasteiger partial charge in [-0.1, -0.05) is 18.2 Å². The molecule has 0 amide bonds. The van der Waals surface area contributed by atoms with Crippen molar-refractivity contribution in [2.24, 2.45) is 0 Å². The van der Waals surface area contributed by atoms with E-state index in [9.17, 15) is 0 Å². The van der Waals surface area contributed by atoms with E-state index in [1.165, 1.54) is 23.7 Å². The molecule has 1 aliphatic heterocycles. The molecule has 1 N–H and O–H groups in total. The summed E-state index contributed by atoms with van der Waals surface area (Å²) in [7, 11) is 0. The molecule has 0 atom stereocenters. The lowest BCUT2D eigenvalue weighted by Crippen LogP contribution is -2.58. The molecular formula is C14H22N2S. The van der Waals surface area contributed by atoms with Gasteiger partial charge in [0.2, 0.25) is 0 Å². The van der Waals surface area contributed by atoms with Crippen LogP contribution in [0.2, 0.25) is 0 Å². The highest BCUT2D eigenvalue weighted by molar-refractivity contribution is 7.99. The molecule has 0 saturated carbocycles. The highest BCUT2D eigenvalue weighted by atomic mass is 32.2. The SMILES string of the molecule is CC1(C)CNCCN1CCSc1ccccc1. The molecule has 94 valence electrons. The lowest BCUT2D eigenvalue weighted by atomic mass is 10.0. The standard InChI is InChI=1S/C14H22N2S/c1-14(2)12-15-8-9-16(14)10-11-17-13-6-4-3-5-7-13/h3-7,15H,8-12H2,1-2H3. The minimum absolute atomic E-state index is 0.301. The molecule has 0 bridgehead atoms. The number of nitrogens with zero attached hydrogens (tertiary/aromatic N) is 1. The maximum atomic E-state index is 3.46. The van der Waals surface area contributed by atoms with Crippen LogP contribution in [-0.2, 0) is 0 Å². The van der Waals surface area contributed by atoms with E-state index in [0.29, 0.717) is 5.54 Å². The Hall–Kier alpha value is -0.510. The minimum Gasteiger partial charge on any atom is -0.314 e. The molecule has 0 spiro atoms. The molecule has 0 unspecified atom stereocenters. The number of nitrogens with one attached hydrogen (secondary N) is 1. The van der Waals surface area contributed by atoms with E-state index in [4.69, 9.17) is 0 Å². The van der Waals surface area contributed by atoms with E-state index in [1.807, 2.05) is 11.8 Å². The number of hydrogen-bond donors (Lipinski definition) is 1. The zero-order valence-corrected chi connectivity index (χ0v) is 11.6. The van der Waals surface area contributed by atoms with Crippen molar-refractivity contribution in [2.45, 2.75) is 24.3 Å². The second kappa shape index (κ2) is 5.89. The lowest BCUT2D eigenvalue weighted by Gasteiger charge is -2.42. The third-order valence-corrected chi connectivity index (χ3v) is 4.34. The normalized spacial score (nSPS) is 20.4. The van der Waals surface area contributed by atoms with Crippen LogP contribution in [0.5, 0.6) is 0 Å². The van der Waals surface area contributed by atoms with Crippen molar-refractivity contribution in [1.29, 1.82) is 0 Å². The predicted octanol–water partition coefficient (Wildman–Crippen LogP) is 2.46. The first-order valence-electron chi connectivity index (χ1n) is 6.32. The van der Waals surface area contributed by atoms with Crippen LogP contribution >= 0.6 is 11.8 Å². The fourth-order valence-corrected chi connectivity index (χ4v) is 3.12. The van der Waals surface area contributed by atoms with Crippen LogP contribution in [0.15, 0.2) is 35.2 Å². The van der Waals surface area contributed by atoms with Gasteiger partial charge in [-0.3, -0.25) is 4.90 Å². The molecule has 2 rings (SSSR count). The Kier molecular flexibility index (Phi) is 4.48. The van der Waals surface area contributed by atoms with Crippen molar-refractivity contribution in [3.63, 3.8) is 0 Å². The van der Waals surface area contributed by atoms with Gasteiger partial charge in [-0.15, -0.1) is 11.8 Å². The highest BCUT2D eigenvalue weighted by Gasteiger charge is 2.28. The number of rotatable bonds is 4. The predicted molar refractivity (Wildman–Crippen MR) is 75.7 cm³/mol. The fraction of sp³-hybridized carbons (Fsp3) is 0.571. The second-order valence-corrected chi connectivity index (χ2v) is 6.31. The van der Waals surface area contributed by atoms with Gasteiger partial charge < -0.3 is 5.32 Å². The van der Waals surface area contributed by atoms with Crippen LogP contribution < -0.4 is 5.32 Å². The third-order valence-electron chi connectivity index (χ3n) is 3.35. The van der Waals surface area contributed by atoms with Crippen molar-refractivity contribution in [3.8, 4) is 0 Å². The maximum absolute atomic E-state index is 3.46. The number of piperazine rings is 1. The van der Waals surface area contributed by atoms with Gasteiger partial charge in [0, 0.05) is 42.4 Å². The van der Waals surface area contributed by atoms with Gasteiger partial charge in [0.1, 0.15) is 0 Å². The van der Waals surface area contributed by atoms with Gasteiger partial charge in [0.25, 0.3) is 0 Å². The van der Waals surface area contributed by atoms with E-state index in [1.54, 1.807) is 0 Å². The van der Waals surface area contributed by atoms with Crippen molar-refractivity contribution in [2.75, 3.05) is 31.9 Å². The smallest absolute Gasteiger partial charge is 0.0278 e. The first kappa shape index (κ1) is 12.9. The van der Waals surface area contributed by atoms with Crippen molar-refractivity contribution >= 4 is 11.8 Å². The summed E-state index contributed by atoms with van der Waals surface area (Å²) in [5.41, 5.74) is 0.301. The summed E-state index contributed by atoms with van der Waals surface area (Å²) < 4.78 is 0. The van der Waals surface area contributed by atoms with Crippen LogP contribution in [-0.4, -0.2) is 42.4 Å². The molecular weight excluding hydrogens is 228 g/mol. The Morgan fingerprint density at radius 2 is 2.06 bits per heavy atom. The Bertz CT molecular complexity index is 337. The van der Waals surface area contributed by atoms with E-state index >= 15 is 0 Å². The summed E-state index contributed by atoms with van der Waals surface area (Å²) in [5.74, 6) is 1.17. The average Bonchev–Trinajstić information content (AvgIpc) is 2.32. The van der Waals surface area contributed by atoms with Gasteiger partial charge in [-0.05, 0) is 26.0 Å². The Balaban J connectivity index is 1.78. The highest BCUT2D eigenvalue weighted by Crippen LogP contribution is 2.20. The summed E-state index contributed by atoms with van der Waals surface area (Å²) in [6.45, 7) is 9.22. The first-order chi connectivity index (χ1) is 8.18. The molecule has 1 aromatic carbocycles. The molecule has 1 saturated heterocycles. The van der Waals surface area contributed by atoms with Crippen LogP contribution in [0.1, 0.15) is 13.8 Å². The Morgan fingerprint density at radius 3 is 2.76 bits per heavy atom. The topological polar surface area (TPSA) is 15.3 Å². The molecule has 0 aromatic heterocycles. The second-order valence-electron chi connectivity index (χ2n) is 5.14. The van der Waals surface area contributed by atoms with E-state index < -0.39 is 0 Å². The quantitative estimate of drug-likeness (QED) is 0.827. The lowest BCUT2D eigenvalue weighted by molar-refractivity contribution is 0.0986. The molecule has 1 heterocycles. The van der Waals surface area contributed by atoms with Crippen LogP contribution in [0.4, 0.5) is 0 Å². The zero-order valence-electron chi connectivity index (χ0n) is 10.8.